The molecule has 118 valence electrons. The van der Waals surface area contributed by atoms with Crippen LogP contribution in [0.1, 0.15) is 6.92 Å². The predicted octanol–water partition coefficient (Wildman–Crippen LogP) is 1.64. The Hall–Kier alpha value is -0.930. The third-order valence-corrected chi connectivity index (χ3v) is 5.49. The van der Waals surface area contributed by atoms with Crippen LogP contribution in [-0.2, 0) is 10.0 Å². The number of nitrogens with zero attached hydrogens (tertiary/aromatic N) is 2. The third kappa shape index (κ3) is 3.46. The van der Waals surface area contributed by atoms with E-state index in [2.05, 4.69) is 0 Å². The van der Waals surface area contributed by atoms with Gasteiger partial charge in [0.1, 0.15) is 0 Å². The molecule has 1 aliphatic rings. The lowest BCUT2D eigenvalue weighted by atomic mass is 10.1. The van der Waals surface area contributed by atoms with Crippen LogP contribution >= 0.6 is 24.0 Å². The van der Waals surface area contributed by atoms with Gasteiger partial charge < -0.3 is 5.73 Å². The van der Waals surface area contributed by atoms with Crippen LogP contribution in [0.4, 0.5) is 5.69 Å². The molecule has 0 aliphatic carbocycles. The number of nitro benzene ring substituents is 1. The SMILES string of the molecule is CC1CN(S(=O)(=O)c2ccc(Cl)cc2[N+](=O)[O-])CC1N.Cl. The largest absolute Gasteiger partial charge is 0.326 e. The van der Waals surface area contributed by atoms with Gasteiger partial charge >= 0.3 is 0 Å². The van der Waals surface area contributed by atoms with E-state index in [1.165, 1.54) is 10.4 Å². The average molecular weight is 356 g/mol. The third-order valence-electron chi connectivity index (χ3n) is 3.37. The van der Waals surface area contributed by atoms with Gasteiger partial charge in [-0.1, -0.05) is 18.5 Å². The maximum absolute atomic E-state index is 12.5. The van der Waals surface area contributed by atoms with Crippen LogP contribution in [0.3, 0.4) is 0 Å². The van der Waals surface area contributed by atoms with Gasteiger partial charge in [-0.05, 0) is 18.1 Å². The zero-order valence-electron chi connectivity index (χ0n) is 11.1. The van der Waals surface area contributed by atoms with E-state index in [0.29, 0.717) is 0 Å². The van der Waals surface area contributed by atoms with Crippen molar-refractivity contribution in [3.8, 4) is 0 Å². The smallest absolute Gasteiger partial charge is 0.290 e. The van der Waals surface area contributed by atoms with Crippen LogP contribution in [0.5, 0.6) is 0 Å². The van der Waals surface area contributed by atoms with Crippen molar-refractivity contribution in [2.45, 2.75) is 17.9 Å². The van der Waals surface area contributed by atoms with Crippen LogP contribution in [-0.4, -0.2) is 36.8 Å². The Labute approximate surface area is 133 Å². The molecule has 2 unspecified atom stereocenters. The molecule has 1 aromatic rings. The highest BCUT2D eigenvalue weighted by molar-refractivity contribution is 7.89. The summed E-state index contributed by atoms with van der Waals surface area (Å²) in [5.74, 6) is 0.0103. The molecular formula is C11H15Cl2N3O4S. The number of nitro groups is 1. The number of halogens is 2. The highest BCUT2D eigenvalue weighted by atomic mass is 35.5. The maximum atomic E-state index is 12.5. The van der Waals surface area contributed by atoms with Crippen molar-refractivity contribution in [2.75, 3.05) is 13.1 Å². The highest BCUT2D eigenvalue weighted by Crippen LogP contribution is 2.31. The van der Waals surface area contributed by atoms with E-state index in [0.717, 1.165) is 12.1 Å². The molecule has 10 heteroatoms. The number of rotatable bonds is 3. The number of hydrogen-bond donors (Lipinski definition) is 1. The number of nitrogens with two attached hydrogens (primary N) is 1. The summed E-state index contributed by atoms with van der Waals surface area (Å²) in [7, 11) is -3.94. The quantitative estimate of drug-likeness (QED) is 0.654. The molecule has 2 rings (SSSR count). The Morgan fingerprint density at radius 2 is 2.05 bits per heavy atom. The van der Waals surface area contributed by atoms with Crippen LogP contribution in [0.2, 0.25) is 5.02 Å². The standard InChI is InChI=1S/C11H14ClN3O4S.ClH/c1-7-5-14(6-9(7)13)20(18,19)11-3-2-8(12)4-10(11)15(16)17;/h2-4,7,9H,5-6,13H2,1H3;1H. The summed E-state index contributed by atoms with van der Waals surface area (Å²) in [6.45, 7) is 2.25. The van der Waals surface area contributed by atoms with Crippen LogP contribution in [0.15, 0.2) is 23.1 Å². The first-order valence-corrected chi connectivity index (χ1v) is 7.75. The molecule has 7 nitrogen and oxygen atoms in total. The second-order valence-electron chi connectivity index (χ2n) is 4.83. The minimum atomic E-state index is -3.94. The van der Waals surface area contributed by atoms with Crippen LogP contribution < -0.4 is 5.73 Å². The number of sulfonamides is 1. The first kappa shape index (κ1) is 18.1. The van der Waals surface area contributed by atoms with Crippen molar-refractivity contribution in [1.29, 1.82) is 0 Å². The zero-order valence-corrected chi connectivity index (χ0v) is 13.5. The van der Waals surface area contributed by atoms with E-state index in [-0.39, 0.29) is 47.4 Å². The lowest BCUT2D eigenvalue weighted by molar-refractivity contribution is -0.387. The van der Waals surface area contributed by atoms with E-state index in [9.17, 15) is 18.5 Å². The molecule has 1 fully saturated rings. The fraction of sp³-hybridized carbons (Fsp3) is 0.455. The Bertz CT molecular complexity index is 643. The van der Waals surface area contributed by atoms with Gasteiger partial charge in [-0.25, -0.2) is 8.42 Å². The summed E-state index contributed by atoms with van der Waals surface area (Å²) < 4.78 is 26.1. The van der Waals surface area contributed by atoms with Crippen molar-refractivity contribution in [2.24, 2.45) is 11.7 Å². The topological polar surface area (TPSA) is 107 Å². The molecule has 2 N–H and O–H groups in total. The lowest BCUT2D eigenvalue weighted by Gasteiger charge is -2.16. The molecule has 0 spiro atoms. The highest BCUT2D eigenvalue weighted by Gasteiger charge is 2.38. The lowest BCUT2D eigenvalue weighted by Crippen LogP contribution is -2.32. The van der Waals surface area contributed by atoms with Crippen LogP contribution in [0, 0.1) is 16.0 Å². The van der Waals surface area contributed by atoms with Gasteiger partial charge in [0, 0.05) is 30.2 Å². The number of benzene rings is 1. The molecule has 0 bridgehead atoms. The number of hydrogen-bond acceptors (Lipinski definition) is 5. The summed E-state index contributed by atoms with van der Waals surface area (Å²) >= 11 is 5.68. The molecule has 1 aliphatic heterocycles. The fourth-order valence-electron chi connectivity index (χ4n) is 2.13. The summed E-state index contributed by atoms with van der Waals surface area (Å²) in [5, 5.41) is 11.1. The monoisotopic (exact) mass is 355 g/mol. The molecule has 0 amide bonds. The van der Waals surface area contributed by atoms with Gasteiger partial charge in [0.05, 0.1) is 4.92 Å². The molecule has 0 aromatic heterocycles. The average Bonchev–Trinajstić information content (AvgIpc) is 2.70. The van der Waals surface area contributed by atoms with Crippen molar-refractivity contribution in [1.82, 2.24) is 4.31 Å². The van der Waals surface area contributed by atoms with E-state index in [1.807, 2.05) is 6.92 Å². The maximum Gasteiger partial charge on any atom is 0.290 e. The normalized spacial score (nSPS) is 22.8. The predicted molar refractivity (Wildman–Crippen MR) is 81.3 cm³/mol. The van der Waals surface area contributed by atoms with Gasteiger partial charge in [-0.15, -0.1) is 12.4 Å². The molecule has 0 radical (unpaired) electrons. The van der Waals surface area contributed by atoms with E-state index in [1.54, 1.807) is 0 Å². The molecule has 0 saturated carbocycles. The zero-order chi connectivity index (χ0) is 15.1. The first-order chi connectivity index (χ1) is 9.23. The molecule has 21 heavy (non-hydrogen) atoms. The second-order valence-corrected chi connectivity index (χ2v) is 7.18. The second kappa shape index (κ2) is 6.45. The molecule has 1 saturated heterocycles. The van der Waals surface area contributed by atoms with Gasteiger partial charge in [0.25, 0.3) is 5.69 Å². The Morgan fingerprint density at radius 1 is 1.43 bits per heavy atom. The van der Waals surface area contributed by atoms with Crippen molar-refractivity contribution in [3.05, 3.63) is 33.3 Å². The summed E-state index contributed by atoms with van der Waals surface area (Å²) in [4.78, 5) is 9.90. The molecule has 1 aromatic carbocycles. The van der Waals surface area contributed by atoms with Gasteiger partial charge in [-0.2, -0.15) is 4.31 Å². The molecule has 2 atom stereocenters. The Morgan fingerprint density at radius 3 is 2.52 bits per heavy atom. The minimum Gasteiger partial charge on any atom is -0.326 e. The van der Waals surface area contributed by atoms with E-state index in [4.69, 9.17) is 17.3 Å². The van der Waals surface area contributed by atoms with Crippen molar-refractivity contribution in [3.63, 3.8) is 0 Å². The van der Waals surface area contributed by atoms with Gasteiger partial charge in [-0.3, -0.25) is 10.1 Å². The van der Waals surface area contributed by atoms with Crippen LogP contribution in [0.25, 0.3) is 0 Å². The van der Waals surface area contributed by atoms with Gasteiger partial charge in [0.15, 0.2) is 4.90 Å². The van der Waals surface area contributed by atoms with E-state index < -0.39 is 20.6 Å². The summed E-state index contributed by atoms with van der Waals surface area (Å²) in [5.41, 5.74) is 5.28. The van der Waals surface area contributed by atoms with Gasteiger partial charge in [0.2, 0.25) is 10.0 Å². The Balaban J connectivity index is 0.00000220. The summed E-state index contributed by atoms with van der Waals surface area (Å²) in [6.07, 6.45) is 0. The van der Waals surface area contributed by atoms with Crippen molar-refractivity contribution >= 4 is 39.7 Å². The minimum absolute atomic E-state index is 0. The van der Waals surface area contributed by atoms with E-state index >= 15 is 0 Å². The van der Waals surface area contributed by atoms with Crippen molar-refractivity contribution < 1.29 is 13.3 Å². The fourth-order valence-corrected chi connectivity index (χ4v) is 4.01. The molecular weight excluding hydrogens is 341 g/mol. The first-order valence-electron chi connectivity index (χ1n) is 5.93. The molecule has 1 heterocycles. The Kier molecular flexibility index (Phi) is 5.57. The summed E-state index contributed by atoms with van der Waals surface area (Å²) in [6, 6.07) is 3.25.